The van der Waals surface area contributed by atoms with Crippen LogP contribution in [0.1, 0.15) is 10.6 Å². The van der Waals surface area contributed by atoms with Crippen LogP contribution in [0.15, 0.2) is 48.5 Å². The molecule has 0 N–H and O–H groups in total. The second-order valence-corrected chi connectivity index (χ2v) is 6.56. The number of hydrogen-bond donors (Lipinski definition) is 0. The van der Waals surface area contributed by atoms with Crippen molar-refractivity contribution in [1.29, 1.82) is 0 Å². The number of rotatable bonds is 5. The number of aromatic nitrogens is 4. The van der Waals surface area contributed by atoms with Gasteiger partial charge in [-0.15, -0.1) is 10.2 Å². The first-order chi connectivity index (χ1) is 13.1. The maximum absolute atomic E-state index is 10.7. The topological polar surface area (TPSA) is 95.5 Å². The molecule has 2 aromatic heterocycles. The highest BCUT2D eigenvalue weighted by molar-refractivity contribution is 7.17. The van der Waals surface area contributed by atoms with E-state index in [2.05, 4.69) is 15.3 Å². The van der Waals surface area contributed by atoms with Crippen LogP contribution in [-0.2, 0) is 0 Å². The highest BCUT2D eigenvalue weighted by Gasteiger charge is 2.12. The van der Waals surface area contributed by atoms with Crippen molar-refractivity contribution in [3.63, 3.8) is 0 Å². The minimum Gasteiger partial charge on any atom is -0.497 e. The Labute approximate surface area is 157 Å². The molecular weight excluding hydrogens is 366 g/mol. The van der Waals surface area contributed by atoms with Crippen molar-refractivity contribution in [2.24, 2.45) is 0 Å². The van der Waals surface area contributed by atoms with E-state index in [4.69, 9.17) is 4.74 Å². The van der Waals surface area contributed by atoms with E-state index in [0.29, 0.717) is 10.8 Å². The van der Waals surface area contributed by atoms with Crippen LogP contribution in [0.4, 0.5) is 5.69 Å². The summed E-state index contributed by atoms with van der Waals surface area (Å²) in [7, 11) is 1.62. The van der Waals surface area contributed by atoms with E-state index in [1.807, 2.05) is 36.4 Å². The van der Waals surface area contributed by atoms with Crippen molar-refractivity contribution in [3.8, 4) is 17.1 Å². The first kappa shape index (κ1) is 16.9. The smallest absolute Gasteiger partial charge is 0.269 e. The predicted molar refractivity (Wildman–Crippen MR) is 103 cm³/mol. The molecule has 0 aliphatic carbocycles. The fourth-order valence-corrected chi connectivity index (χ4v) is 3.23. The average molecular weight is 379 g/mol. The van der Waals surface area contributed by atoms with E-state index in [1.165, 1.54) is 23.5 Å². The van der Waals surface area contributed by atoms with Gasteiger partial charge in [-0.25, -0.2) is 0 Å². The molecule has 0 spiro atoms. The van der Waals surface area contributed by atoms with Gasteiger partial charge in [-0.3, -0.25) is 10.1 Å². The average Bonchev–Trinajstić information content (AvgIpc) is 3.27. The molecule has 4 rings (SSSR count). The molecule has 0 radical (unpaired) electrons. The quantitative estimate of drug-likeness (QED) is 0.385. The summed E-state index contributed by atoms with van der Waals surface area (Å²) in [4.78, 5) is 11.0. The maximum Gasteiger partial charge on any atom is 0.269 e. The van der Waals surface area contributed by atoms with Gasteiger partial charge < -0.3 is 4.74 Å². The Balaban J connectivity index is 1.60. The van der Waals surface area contributed by atoms with E-state index in [-0.39, 0.29) is 5.69 Å². The number of nitrogens with zero attached hydrogens (tertiary/aromatic N) is 5. The first-order valence-corrected chi connectivity index (χ1v) is 8.75. The molecule has 0 amide bonds. The zero-order valence-electron chi connectivity index (χ0n) is 14.1. The van der Waals surface area contributed by atoms with Gasteiger partial charge in [0.05, 0.1) is 12.0 Å². The summed E-state index contributed by atoms with van der Waals surface area (Å²) in [6.07, 6.45) is 3.70. The van der Waals surface area contributed by atoms with E-state index in [9.17, 15) is 10.1 Å². The van der Waals surface area contributed by atoms with Crippen LogP contribution in [0.5, 0.6) is 5.75 Å². The number of non-ortho nitro benzene ring substituents is 1. The zero-order chi connectivity index (χ0) is 18.8. The Bertz CT molecular complexity index is 1130. The van der Waals surface area contributed by atoms with Crippen LogP contribution in [0.25, 0.3) is 28.5 Å². The van der Waals surface area contributed by atoms with Crippen molar-refractivity contribution < 1.29 is 9.66 Å². The molecule has 0 unspecified atom stereocenters. The van der Waals surface area contributed by atoms with Crippen molar-refractivity contribution in [1.82, 2.24) is 19.8 Å². The molecule has 2 heterocycles. The van der Waals surface area contributed by atoms with Gasteiger partial charge >= 0.3 is 0 Å². The summed E-state index contributed by atoms with van der Waals surface area (Å²) in [5, 5.41) is 24.4. The Morgan fingerprint density at radius 1 is 1.07 bits per heavy atom. The Kier molecular flexibility index (Phi) is 4.35. The van der Waals surface area contributed by atoms with Crippen molar-refractivity contribution in [3.05, 3.63) is 69.2 Å². The Morgan fingerprint density at radius 3 is 2.48 bits per heavy atom. The highest BCUT2D eigenvalue weighted by atomic mass is 32.1. The van der Waals surface area contributed by atoms with E-state index in [1.54, 1.807) is 23.8 Å². The lowest BCUT2D eigenvalue weighted by atomic mass is 10.2. The number of ether oxygens (including phenoxy) is 1. The monoisotopic (exact) mass is 379 g/mol. The van der Waals surface area contributed by atoms with Crippen LogP contribution in [0, 0.1) is 10.1 Å². The lowest BCUT2D eigenvalue weighted by molar-refractivity contribution is -0.384. The largest absolute Gasteiger partial charge is 0.497 e. The molecule has 134 valence electrons. The first-order valence-electron chi connectivity index (χ1n) is 7.93. The predicted octanol–water partition coefficient (Wildman–Crippen LogP) is 3.94. The van der Waals surface area contributed by atoms with Gasteiger partial charge in [0.2, 0.25) is 4.96 Å². The SMILES string of the molecule is COc1ccc(-c2nnc3sc(/C=C/c4ccc([N+](=O)[O-])cc4)nn23)cc1. The zero-order valence-corrected chi connectivity index (χ0v) is 15.0. The molecular formula is C18H13N5O3S. The number of methoxy groups -OCH3 is 1. The van der Waals surface area contributed by atoms with Gasteiger partial charge in [0.25, 0.3) is 5.69 Å². The number of nitro groups is 1. The molecule has 9 heteroatoms. The number of nitro benzene ring substituents is 1. The number of benzene rings is 2. The van der Waals surface area contributed by atoms with Crippen LogP contribution in [0.3, 0.4) is 0 Å². The lowest BCUT2D eigenvalue weighted by Gasteiger charge is -2.00. The third-order valence-electron chi connectivity index (χ3n) is 3.88. The minimum atomic E-state index is -0.420. The summed E-state index contributed by atoms with van der Waals surface area (Å²) in [6.45, 7) is 0. The summed E-state index contributed by atoms with van der Waals surface area (Å²) in [5.74, 6) is 1.42. The summed E-state index contributed by atoms with van der Waals surface area (Å²) in [5.41, 5.74) is 1.80. The number of hydrogen-bond acceptors (Lipinski definition) is 7. The molecule has 27 heavy (non-hydrogen) atoms. The van der Waals surface area contributed by atoms with Crippen molar-refractivity contribution in [2.75, 3.05) is 7.11 Å². The fraction of sp³-hybridized carbons (Fsp3) is 0.0556. The minimum absolute atomic E-state index is 0.0649. The normalized spacial score (nSPS) is 11.3. The lowest BCUT2D eigenvalue weighted by Crippen LogP contribution is -1.91. The molecule has 8 nitrogen and oxygen atoms in total. The second kappa shape index (κ2) is 6.96. The van der Waals surface area contributed by atoms with Gasteiger partial charge in [-0.2, -0.15) is 9.61 Å². The molecule has 0 bridgehead atoms. The summed E-state index contributed by atoms with van der Waals surface area (Å²) >= 11 is 1.41. The molecule has 0 fully saturated rings. The van der Waals surface area contributed by atoms with E-state index >= 15 is 0 Å². The van der Waals surface area contributed by atoms with Crippen molar-refractivity contribution >= 4 is 34.1 Å². The van der Waals surface area contributed by atoms with E-state index in [0.717, 1.165) is 21.9 Å². The third-order valence-corrected chi connectivity index (χ3v) is 4.74. The molecule has 0 saturated heterocycles. The standard InChI is InChI=1S/C18H13N5O3S/c1-26-15-9-5-13(6-10-15)17-19-20-18-22(17)21-16(27-18)11-4-12-2-7-14(8-3-12)23(24)25/h2-11H,1H3/b11-4+. The van der Waals surface area contributed by atoms with E-state index < -0.39 is 4.92 Å². The Morgan fingerprint density at radius 2 is 1.81 bits per heavy atom. The van der Waals surface area contributed by atoms with Crippen LogP contribution >= 0.6 is 11.3 Å². The molecule has 0 aliphatic rings. The van der Waals surface area contributed by atoms with Crippen LogP contribution in [-0.4, -0.2) is 31.8 Å². The molecule has 0 saturated carbocycles. The molecule has 0 atom stereocenters. The van der Waals surface area contributed by atoms with Crippen LogP contribution < -0.4 is 4.74 Å². The fourth-order valence-electron chi connectivity index (χ4n) is 2.49. The third kappa shape index (κ3) is 3.40. The van der Waals surface area contributed by atoms with Gasteiger partial charge in [-0.05, 0) is 48.0 Å². The van der Waals surface area contributed by atoms with Gasteiger partial charge in [-0.1, -0.05) is 17.4 Å². The maximum atomic E-state index is 10.7. The highest BCUT2D eigenvalue weighted by Crippen LogP contribution is 2.24. The second-order valence-electron chi connectivity index (χ2n) is 5.57. The molecule has 2 aromatic carbocycles. The molecule has 0 aliphatic heterocycles. The van der Waals surface area contributed by atoms with Gasteiger partial charge in [0.15, 0.2) is 5.82 Å². The molecule has 4 aromatic rings. The summed E-state index contributed by atoms with van der Waals surface area (Å²) in [6, 6.07) is 13.9. The Hall–Kier alpha value is -3.59. The van der Waals surface area contributed by atoms with Gasteiger partial charge in [0.1, 0.15) is 10.8 Å². The van der Waals surface area contributed by atoms with Crippen molar-refractivity contribution in [2.45, 2.75) is 0 Å². The van der Waals surface area contributed by atoms with Gasteiger partial charge in [0, 0.05) is 17.7 Å². The van der Waals surface area contributed by atoms with Crippen LogP contribution in [0.2, 0.25) is 0 Å². The summed E-state index contributed by atoms with van der Waals surface area (Å²) < 4.78 is 6.87. The number of fused-ring (bicyclic) bond motifs is 1.